The predicted molar refractivity (Wildman–Crippen MR) is 90.8 cm³/mol. The second-order valence-corrected chi connectivity index (χ2v) is 6.71. The Hall–Kier alpha value is -1.70. The first-order valence-corrected chi connectivity index (χ1v) is 8.76. The number of rotatable bonds is 3. The van der Waals surface area contributed by atoms with E-state index in [-0.39, 0.29) is 28.5 Å². The number of hydrogen-bond donors (Lipinski definition) is 1. The van der Waals surface area contributed by atoms with E-state index < -0.39 is 11.9 Å². The van der Waals surface area contributed by atoms with Gasteiger partial charge < -0.3 is 20.3 Å². The summed E-state index contributed by atoms with van der Waals surface area (Å²) in [6.07, 6.45) is 1.01. The first-order valence-electron chi connectivity index (χ1n) is 8.38. The fourth-order valence-electron chi connectivity index (χ4n) is 3.23. The molecule has 0 radical (unpaired) electrons. The Kier molecular flexibility index (Phi) is 5.56. The zero-order valence-corrected chi connectivity index (χ0v) is 14.5. The predicted octanol–water partition coefficient (Wildman–Crippen LogP) is 1.27. The number of hydrogen-bond acceptors (Lipinski definition) is 4. The van der Waals surface area contributed by atoms with Crippen molar-refractivity contribution in [2.24, 2.45) is 5.73 Å². The maximum Gasteiger partial charge on any atom is 0.255 e. The van der Waals surface area contributed by atoms with E-state index in [0.29, 0.717) is 39.1 Å². The van der Waals surface area contributed by atoms with Gasteiger partial charge in [-0.15, -0.1) is 0 Å². The maximum atomic E-state index is 13.1. The summed E-state index contributed by atoms with van der Waals surface area (Å²) in [7, 11) is 0. The van der Waals surface area contributed by atoms with Crippen molar-refractivity contribution in [1.29, 1.82) is 0 Å². The first-order chi connectivity index (χ1) is 12.0. The molecule has 136 valence electrons. The summed E-state index contributed by atoms with van der Waals surface area (Å²) in [5.41, 5.74) is 5.85. The van der Waals surface area contributed by atoms with E-state index >= 15 is 0 Å². The van der Waals surface area contributed by atoms with Crippen LogP contribution in [0.2, 0.25) is 5.02 Å². The second kappa shape index (κ2) is 7.68. The van der Waals surface area contributed by atoms with E-state index in [4.69, 9.17) is 22.1 Å². The molecule has 1 aromatic rings. The van der Waals surface area contributed by atoms with Crippen molar-refractivity contribution in [2.75, 3.05) is 32.7 Å². The molecule has 0 aromatic heterocycles. The van der Waals surface area contributed by atoms with Crippen molar-refractivity contribution in [1.82, 2.24) is 9.80 Å². The fraction of sp³-hybridized carbons (Fsp3) is 0.529. The van der Waals surface area contributed by atoms with E-state index in [1.165, 1.54) is 12.1 Å². The van der Waals surface area contributed by atoms with Gasteiger partial charge >= 0.3 is 0 Å². The zero-order chi connectivity index (χ0) is 18.0. The van der Waals surface area contributed by atoms with Crippen LogP contribution in [0.15, 0.2) is 18.2 Å². The summed E-state index contributed by atoms with van der Waals surface area (Å²) in [5, 5.41) is 0.0932. The molecule has 2 aliphatic rings. The smallest absolute Gasteiger partial charge is 0.255 e. The lowest BCUT2D eigenvalue weighted by atomic mass is 10.1. The van der Waals surface area contributed by atoms with Crippen LogP contribution >= 0.6 is 11.6 Å². The van der Waals surface area contributed by atoms with E-state index in [0.717, 1.165) is 12.5 Å². The highest BCUT2D eigenvalue weighted by atomic mass is 35.5. The Bertz CT molecular complexity index is 665. The third kappa shape index (κ3) is 3.94. The maximum absolute atomic E-state index is 13.1. The molecule has 2 N–H and O–H groups in total. The van der Waals surface area contributed by atoms with Gasteiger partial charge in [0.1, 0.15) is 11.9 Å². The quantitative estimate of drug-likeness (QED) is 0.870. The minimum Gasteiger partial charge on any atom is -0.364 e. The lowest BCUT2D eigenvalue weighted by Gasteiger charge is -2.36. The molecule has 0 aliphatic carbocycles. The van der Waals surface area contributed by atoms with Crippen molar-refractivity contribution in [2.45, 2.75) is 25.0 Å². The number of piperazine rings is 1. The van der Waals surface area contributed by atoms with Crippen LogP contribution in [0.5, 0.6) is 0 Å². The van der Waals surface area contributed by atoms with Gasteiger partial charge in [-0.05, 0) is 31.0 Å². The number of nitrogens with two attached hydrogens (primary N) is 1. The van der Waals surface area contributed by atoms with Crippen molar-refractivity contribution < 1.29 is 18.7 Å². The third-order valence-corrected chi connectivity index (χ3v) is 5.00. The molecule has 2 fully saturated rings. The van der Waals surface area contributed by atoms with Gasteiger partial charge in [0.25, 0.3) is 11.8 Å². The van der Waals surface area contributed by atoms with Crippen molar-refractivity contribution in [3.8, 4) is 0 Å². The Morgan fingerprint density at radius 1 is 1.20 bits per heavy atom. The van der Waals surface area contributed by atoms with Crippen LogP contribution in [-0.4, -0.2) is 66.5 Å². The minimum absolute atomic E-state index is 0.0390. The molecule has 8 heteroatoms. The van der Waals surface area contributed by atoms with E-state index in [9.17, 15) is 14.0 Å². The molecule has 2 amide bonds. The summed E-state index contributed by atoms with van der Waals surface area (Å²) < 4.78 is 18.8. The fourth-order valence-corrected chi connectivity index (χ4v) is 3.48. The first kappa shape index (κ1) is 18.1. The number of ether oxygens (including phenoxy) is 1. The van der Waals surface area contributed by atoms with Gasteiger partial charge in [0.2, 0.25) is 0 Å². The summed E-state index contributed by atoms with van der Waals surface area (Å²) in [5.74, 6) is -0.774. The largest absolute Gasteiger partial charge is 0.364 e. The van der Waals surface area contributed by atoms with Crippen LogP contribution in [0.1, 0.15) is 23.2 Å². The van der Waals surface area contributed by atoms with E-state index in [2.05, 4.69) is 0 Å². The van der Waals surface area contributed by atoms with Crippen molar-refractivity contribution in [3.63, 3.8) is 0 Å². The molecule has 2 atom stereocenters. The summed E-state index contributed by atoms with van der Waals surface area (Å²) in [4.78, 5) is 28.4. The van der Waals surface area contributed by atoms with Gasteiger partial charge in [-0.3, -0.25) is 9.59 Å². The van der Waals surface area contributed by atoms with Crippen molar-refractivity contribution in [3.05, 3.63) is 34.6 Å². The summed E-state index contributed by atoms with van der Waals surface area (Å²) in [6.45, 7) is 2.12. The van der Waals surface area contributed by atoms with Crippen molar-refractivity contribution >= 4 is 23.4 Å². The van der Waals surface area contributed by atoms with Crippen LogP contribution < -0.4 is 5.73 Å². The number of carbonyl (C=O) groups excluding carboxylic acids is 2. The topological polar surface area (TPSA) is 75.9 Å². The number of carbonyl (C=O) groups is 2. The second-order valence-electron chi connectivity index (χ2n) is 6.30. The van der Waals surface area contributed by atoms with E-state index in [1.54, 1.807) is 9.80 Å². The average Bonchev–Trinajstić information content (AvgIpc) is 3.10. The van der Waals surface area contributed by atoms with Crippen LogP contribution in [0.25, 0.3) is 0 Å². The summed E-state index contributed by atoms with van der Waals surface area (Å²) >= 11 is 5.96. The lowest BCUT2D eigenvalue weighted by molar-refractivity contribution is -0.144. The van der Waals surface area contributed by atoms with Gasteiger partial charge in [0.15, 0.2) is 0 Å². The molecule has 1 aromatic carbocycles. The SMILES string of the molecule is NC[C@H]1CC[C@@H](C(=O)N2CCN(C(=O)c3ccc(F)cc3Cl)CC2)O1. The standard InChI is InChI=1S/C17H21ClFN3O3/c18-14-9-11(19)1-3-13(14)16(23)21-5-7-22(8-6-21)17(24)15-4-2-12(10-20)25-15/h1,3,9,12,15H,2,4-8,10,20H2/t12-,15+/m1/s1. The number of amides is 2. The molecule has 0 spiro atoms. The lowest BCUT2D eigenvalue weighted by Crippen LogP contribution is -2.53. The highest BCUT2D eigenvalue weighted by Gasteiger charge is 2.34. The Labute approximate surface area is 150 Å². The molecule has 0 unspecified atom stereocenters. The molecule has 0 saturated carbocycles. The molecule has 2 aliphatic heterocycles. The number of benzene rings is 1. The Morgan fingerprint density at radius 3 is 2.48 bits per heavy atom. The number of nitrogens with zero attached hydrogens (tertiary/aromatic N) is 2. The van der Waals surface area contributed by atoms with Crippen LogP contribution in [0, 0.1) is 5.82 Å². The Morgan fingerprint density at radius 2 is 1.88 bits per heavy atom. The van der Waals surface area contributed by atoms with Crippen LogP contribution in [0.4, 0.5) is 4.39 Å². The zero-order valence-electron chi connectivity index (χ0n) is 13.8. The molecule has 0 bridgehead atoms. The minimum atomic E-state index is -0.482. The van der Waals surface area contributed by atoms with E-state index in [1.807, 2.05) is 0 Å². The molecule has 2 heterocycles. The molecule has 2 saturated heterocycles. The van der Waals surface area contributed by atoms with Gasteiger partial charge in [0.05, 0.1) is 16.7 Å². The highest BCUT2D eigenvalue weighted by molar-refractivity contribution is 6.33. The van der Waals surface area contributed by atoms with Crippen LogP contribution in [-0.2, 0) is 9.53 Å². The van der Waals surface area contributed by atoms with Gasteiger partial charge in [0, 0.05) is 32.7 Å². The Balaban J connectivity index is 1.56. The van der Waals surface area contributed by atoms with Gasteiger partial charge in [-0.2, -0.15) is 0 Å². The molecular weight excluding hydrogens is 349 g/mol. The molecular formula is C17H21ClFN3O3. The van der Waals surface area contributed by atoms with Gasteiger partial charge in [-0.1, -0.05) is 11.6 Å². The molecule has 3 rings (SSSR count). The highest BCUT2D eigenvalue weighted by Crippen LogP contribution is 2.23. The molecule has 6 nitrogen and oxygen atoms in total. The van der Waals surface area contributed by atoms with Gasteiger partial charge in [-0.25, -0.2) is 4.39 Å². The number of halogens is 2. The monoisotopic (exact) mass is 369 g/mol. The average molecular weight is 370 g/mol. The summed E-state index contributed by atoms with van der Waals surface area (Å²) in [6, 6.07) is 3.72. The third-order valence-electron chi connectivity index (χ3n) is 4.69. The molecule has 25 heavy (non-hydrogen) atoms. The van der Waals surface area contributed by atoms with Crippen LogP contribution in [0.3, 0.4) is 0 Å². The normalized spacial score (nSPS) is 23.8.